The fourth-order valence-electron chi connectivity index (χ4n) is 1.42. The van der Waals surface area contributed by atoms with Crippen LogP contribution in [0.25, 0.3) is 0 Å². The molecule has 2 heteroatoms. The maximum absolute atomic E-state index is 5.44. The van der Waals surface area contributed by atoms with Crippen LogP contribution >= 0.6 is 0 Å². The summed E-state index contributed by atoms with van der Waals surface area (Å²) in [6.07, 6.45) is 11.3. The van der Waals surface area contributed by atoms with E-state index in [0.717, 1.165) is 12.8 Å². The van der Waals surface area contributed by atoms with Crippen molar-refractivity contribution in [2.24, 2.45) is 7.05 Å². The average molecular weight is 146 g/mol. The average Bonchev–Trinajstić information content (AvgIpc) is 2.70. The van der Waals surface area contributed by atoms with Crippen LogP contribution in [0.4, 0.5) is 0 Å². The van der Waals surface area contributed by atoms with Crippen LogP contribution in [-0.4, -0.2) is 9.55 Å². The second kappa shape index (κ2) is 1.88. The lowest BCUT2D eigenvalue weighted by Crippen LogP contribution is -2.07. The van der Waals surface area contributed by atoms with Crippen LogP contribution < -0.4 is 0 Å². The molecule has 0 unspecified atom stereocenters. The quantitative estimate of drug-likeness (QED) is 0.542. The highest BCUT2D eigenvalue weighted by molar-refractivity contribution is 5.35. The minimum atomic E-state index is 0.0330. The molecular formula is C9H10N2. The van der Waals surface area contributed by atoms with Gasteiger partial charge < -0.3 is 4.57 Å². The molecule has 1 aliphatic carbocycles. The molecule has 0 spiro atoms. The molecule has 1 fully saturated rings. The van der Waals surface area contributed by atoms with E-state index in [1.54, 1.807) is 6.33 Å². The standard InChI is InChI=1S/C9H10N2/c1-3-9(4-5-9)8-6-10-7-11(8)2/h1,6-7H,4-5H2,2H3. The molecule has 1 aromatic rings. The van der Waals surface area contributed by atoms with Crippen LogP contribution in [-0.2, 0) is 12.5 Å². The third-order valence-corrected chi connectivity index (χ3v) is 2.33. The zero-order valence-corrected chi connectivity index (χ0v) is 6.54. The van der Waals surface area contributed by atoms with Gasteiger partial charge in [-0.1, -0.05) is 5.92 Å². The molecule has 0 radical (unpaired) electrons. The van der Waals surface area contributed by atoms with Crippen molar-refractivity contribution in [2.75, 3.05) is 0 Å². The van der Waals surface area contributed by atoms with E-state index in [1.807, 2.05) is 17.8 Å². The topological polar surface area (TPSA) is 17.8 Å². The molecule has 2 nitrogen and oxygen atoms in total. The first-order chi connectivity index (χ1) is 5.28. The van der Waals surface area contributed by atoms with Gasteiger partial charge in [-0.2, -0.15) is 0 Å². The van der Waals surface area contributed by atoms with Crippen LogP contribution in [0.2, 0.25) is 0 Å². The maximum Gasteiger partial charge on any atom is 0.0946 e. The Kier molecular flexibility index (Phi) is 1.11. The van der Waals surface area contributed by atoms with Crippen molar-refractivity contribution in [3.05, 3.63) is 18.2 Å². The first-order valence-electron chi connectivity index (χ1n) is 3.73. The fraction of sp³-hybridized carbons (Fsp3) is 0.444. The Labute approximate surface area is 66.3 Å². The molecule has 1 saturated carbocycles. The minimum Gasteiger partial charge on any atom is -0.336 e. The van der Waals surface area contributed by atoms with Crippen LogP contribution in [0.3, 0.4) is 0 Å². The van der Waals surface area contributed by atoms with E-state index in [4.69, 9.17) is 6.42 Å². The number of aromatic nitrogens is 2. The Hall–Kier alpha value is -1.23. The molecule has 2 rings (SSSR count). The highest BCUT2D eigenvalue weighted by Crippen LogP contribution is 2.46. The highest BCUT2D eigenvalue weighted by Gasteiger charge is 2.44. The zero-order valence-electron chi connectivity index (χ0n) is 6.54. The molecule has 0 aromatic carbocycles. The van der Waals surface area contributed by atoms with E-state index in [0.29, 0.717) is 0 Å². The van der Waals surface area contributed by atoms with Gasteiger partial charge in [0.1, 0.15) is 0 Å². The summed E-state index contributed by atoms with van der Waals surface area (Å²) >= 11 is 0. The summed E-state index contributed by atoms with van der Waals surface area (Å²) in [7, 11) is 1.99. The van der Waals surface area contributed by atoms with Gasteiger partial charge in [-0.15, -0.1) is 6.42 Å². The lowest BCUT2D eigenvalue weighted by molar-refractivity contribution is 0.762. The smallest absolute Gasteiger partial charge is 0.0946 e. The first kappa shape index (κ1) is 6.48. The van der Waals surface area contributed by atoms with Crippen molar-refractivity contribution >= 4 is 0 Å². The van der Waals surface area contributed by atoms with Crippen molar-refractivity contribution < 1.29 is 0 Å². The summed E-state index contributed by atoms with van der Waals surface area (Å²) in [4.78, 5) is 4.04. The van der Waals surface area contributed by atoms with Crippen molar-refractivity contribution in [3.8, 4) is 12.3 Å². The van der Waals surface area contributed by atoms with Crippen LogP contribution in [0.15, 0.2) is 12.5 Å². The van der Waals surface area contributed by atoms with Crippen molar-refractivity contribution in [2.45, 2.75) is 18.3 Å². The predicted octanol–water partition coefficient (Wildman–Crippen LogP) is 1.08. The molecule has 1 aromatic heterocycles. The van der Waals surface area contributed by atoms with Crippen molar-refractivity contribution in [1.82, 2.24) is 9.55 Å². The van der Waals surface area contributed by atoms with Gasteiger partial charge in [0.15, 0.2) is 0 Å². The maximum atomic E-state index is 5.44. The van der Waals surface area contributed by atoms with Gasteiger partial charge in [0, 0.05) is 13.2 Å². The second-order valence-corrected chi connectivity index (χ2v) is 3.12. The summed E-state index contributed by atoms with van der Waals surface area (Å²) in [6.45, 7) is 0. The molecule has 11 heavy (non-hydrogen) atoms. The minimum absolute atomic E-state index is 0.0330. The highest BCUT2D eigenvalue weighted by atomic mass is 15.0. The fourth-order valence-corrected chi connectivity index (χ4v) is 1.42. The molecule has 0 bridgehead atoms. The third kappa shape index (κ3) is 0.775. The Morgan fingerprint density at radius 3 is 2.82 bits per heavy atom. The monoisotopic (exact) mass is 146 g/mol. The number of hydrogen-bond donors (Lipinski definition) is 0. The van der Waals surface area contributed by atoms with E-state index < -0.39 is 0 Å². The molecule has 0 amide bonds. The number of imidazole rings is 1. The van der Waals surface area contributed by atoms with Crippen LogP contribution in [0.5, 0.6) is 0 Å². The number of hydrogen-bond acceptors (Lipinski definition) is 1. The molecule has 0 saturated heterocycles. The predicted molar refractivity (Wildman–Crippen MR) is 43.0 cm³/mol. The molecule has 56 valence electrons. The van der Waals surface area contributed by atoms with Gasteiger partial charge >= 0.3 is 0 Å². The molecular weight excluding hydrogens is 136 g/mol. The van der Waals surface area contributed by atoms with Crippen LogP contribution in [0.1, 0.15) is 18.5 Å². The van der Waals surface area contributed by atoms with Crippen LogP contribution in [0, 0.1) is 12.3 Å². The van der Waals surface area contributed by atoms with Gasteiger partial charge in [0.2, 0.25) is 0 Å². The molecule has 0 aliphatic heterocycles. The molecule has 1 heterocycles. The summed E-state index contributed by atoms with van der Waals surface area (Å²) in [5.41, 5.74) is 1.21. The van der Waals surface area contributed by atoms with Gasteiger partial charge in [0.05, 0.1) is 17.4 Å². The van der Waals surface area contributed by atoms with Gasteiger partial charge in [-0.25, -0.2) is 4.98 Å². The summed E-state index contributed by atoms with van der Waals surface area (Å²) < 4.78 is 2.01. The Morgan fingerprint density at radius 1 is 1.73 bits per heavy atom. The summed E-state index contributed by atoms with van der Waals surface area (Å²) in [5, 5.41) is 0. The van der Waals surface area contributed by atoms with Crippen molar-refractivity contribution in [1.29, 1.82) is 0 Å². The van der Waals surface area contributed by atoms with Crippen molar-refractivity contribution in [3.63, 3.8) is 0 Å². The van der Waals surface area contributed by atoms with E-state index in [-0.39, 0.29) is 5.41 Å². The Morgan fingerprint density at radius 2 is 2.45 bits per heavy atom. The molecule has 0 N–H and O–H groups in total. The number of nitrogens with zero attached hydrogens (tertiary/aromatic N) is 2. The van der Waals surface area contributed by atoms with E-state index in [9.17, 15) is 0 Å². The SMILES string of the molecule is C#CC1(c2cncn2C)CC1. The number of terminal acetylenes is 1. The lowest BCUT2D eigenvalue weighted by atomic mass is 10.1. The molecule has 0 atom stereocenters. The van der Waals surface area contributed by atoms with Gasteiger partial charge in [0.25, 0.3) is 0 Å². The largest absolute Gasteiger partial charge is 0.336 e. The van der Waals surface area contributed by atoms with E-state index in [1.165, 1.54) is 5.69 Å². The number of rotatable bonds is 1. The number of aryl methyl sites for hydroxylation is 1. The van der Waals surface area contributed by atoms with E-state index in [2.05, 4.69) is 10.9 Å². The summed E-state index contributed by atoms with van der Waals surface area (Å²) in [5.74, 6) is 2.83. The van der Waals surface area contributed by atoms with E-state index >= 15 is 0 Å². The molecule has 1 aliphatic rings. The van der Waals surface area contributed by atoms with Gasteiger partial charge in [-0.3, -0.25) is 0 Å². The Bertz CT molecular complexity index is 313. The second-order valence-electron chi connectivity index (χ2n) is 3.12. The zero-order chi connectivity index (χ0) is 7.90. The Balaban J connectivity index is 2.45. The normalized spacial score (nSPS) is 19.3. The third-order valence-electron chi connectivity index (χ3n) is 2.33. The lowest BCUT2D eigenvalue weighted by Gasteiger charge is -2.06. The first-order valence-corrected chi connectivity index (χ1v) is 3.73. The van der Waals surface area contributed by atoms with Gasteiger partial charge in [-0.05, 0) is 12.8 Å². The summed E-state index contributed by atoms with van der Waals surface area (Å²) in [6, 6.07) is 0.